The zero-order valence-corrected chi connectivity index (χ0v) is 10.2. The molecule has 9 heteroatoms. The number of aryl methyl sites for hydroxylation is 1. The summed E-state index contributed by atoms with van der Waals surface area (Å²) in [5.41, 5.74) is 0.215. The van der Waals surface area contributed by atoms with Crippen molar-refractivity contribution >= 4 is 27.3 Å². The fourth-order valence-electron chi connectivity index (χ4n) is 1.05. The van der Waals surface area contributed by atoms with Crippen molar-refractivity contribution in [3.8, 4) is 0 Å². The third kappa shape index (κ3) is 2.49. The van der Waals surface area contributed by atoms with Gasteiger partial charge in [-0.3, -0.25) is 9.59 Å². The van der Waals surface area contributed by atoms with Gasteiger partial charge in [0.25, 0.3) is 10.0 Å². The number of carboxylic acids is 1. The zero-order chi connectivity index (χ0) is 12.5. The molecule has 0 aliphatic rings. The minimum absolute atomic E-state index is 0.152. The summed E-state index contributed by atoms with van der Waals surface area (Å²) in [6, 6.07) is 0. The lowest BCUT2D eigenvalue weighted by Crippen LogP contribution is -2.31. The van der Waals surface area contributed by atoms with E-state index in [4.69, 9.17) is 5.11 Å². The van der Waals surface area contributed by atoms with Crippen molar-refractivity contribution in [2.45, 2.75) is 11.1 Å². The van der Waals surface area contributed by atoms with Crippen LogP contribution in [-0.2, 0) is 14.8 Å². The average Bonchev–Trinajstić information content (AvgIpc) is 2.44. The van der Waals surface area contributed by atoms with Crippen LogP contribution in [0.4, 0.5) is 0 Å². The maximum atomic E-state index is 11.8. The number of likely N-dealkylation sites (N-methyl/N-ethyl adjacent to an activating group) is 1. The van der Waals surface area contributed by atoms with Crippen LogP contribution in [0.15, 0.2) is 9.00 Å². The van der Waals surface area contributed by atoms with Crippen LogP contribution in [0, 0.1) is 6.92 Å². The first-order chi connectivity index (χ1) is 7.25. The van der Waals surface area contributed by atoms with E-state index in [-0.39, 0.29) is 9.90 Å². The lowest BCUT2D eigenvalue weighted by atomic mass is 10.6. The van der Waals surface area contributed by atoms with Crippen molar-refractivity contribution < 1.29 is 18.3 Å². The topological polar surface area (TPSA) is 108 Å². The van der Waals surface area contributed by atoms with E-state index in [1.807, 2.05) is 0 Å². The van der Waals surface area contributed by atoms with E-state index in [0.29, 0.717) is 15.6 Å². The number of hydrogen-bond donors (Lipinski definition) is 2. The van der Waals surface area contributed by atoms with Gasteiger partial charge in [-0.2, -0.15) is 4.31 Å². The molecule has 16 heavy (non-hydrogen) atoms. The summed E-state index contributed by atoms with van der Waals surface area (Å²) < 4.78 is 24.2. The second-order valence-corrected chi connectivity index (χ2v) is 6.31. The molecule has 0 unspecified atom stereocenters. The van der Waals surface area contributed by atoms with Gasteiger partial charge in [0.2, 0.25) is 0 Å². The highest BCUT2D eigenvalue weighted by atomic mass is 32.2. The van der Waals surface area contributed by atoms with Gasteiger partial charge >= 0.3 is 10.8 Å². The van der Waals surface area contributed by atoms with Gasteiger partial charge in [-0.05, 0) is 6.92 Å². The summed E-state index contributed by atoms with van der Waals surface area (Å²) >= 11 is 0.543. The molecule has 7 nitrogen and oxygen atoms in total. The molecule has 1 heterocycles. The van der Waals surface area contributed by atoms with E-state index in [2.05, 4.69) is 4.98 Å². The van der Waals surface area contributed by atoms with E-state index in [1.54, 1.807) is 0 Å². The SMILES string of the molecule is Cc1[nH]c(=O)sc1S(=O)(=O)N(C)CC(=O)O. The molecule has 1 aromatic heterocycles. The highest BCUT2D eigenvalue weighted by Gasteiger charge is 2.26. The van der Waals surface area contributed by atoms with Crippen LogP contribution >= 0.6 is 11.3 Å². The van der Waals surface area contributed by atoms with Crippen molar-refractivity contribution in [2.24, 2.45) is 0 Å². The highest BCUT2D eigenvalue weighted by Crippen LogP contribution is 2.19. The number of aromatic nitrogens is 1. The van der Waals surface area contributed by atoms with E-state index >= 15 is 0 Å². The first-order valence-electron chi connectivity index (χ1n) is 4.13. The van der Waals surface area contributed by atoms with Crippen molar-refractivity contribution in [3.05, 3.63) is 15.4 Å². The maximum Gasteiger partial charge on any atom is 0.318 e. The number of carboxylic acid groups (broad SMARTS) is 1. The summed E-state index contributed by atoms with van der Waals surface area (Å²) in [5.74, 6) is -1.26. The number of sulfonamides is 1. The molecule has 0 amide bonds. The highest BCUT2D eigenvalue weighted by molar-refractivity contribution is 7.91. The Labute approximate surface area is 95.4 Å². The molecule has 0 saturated heterocycles. The van der Waals surface area contributed by atoms with Crippen LogP contribution < -0.4 is 4.87 Å². The summed E-state index contributed by atoms with van der Waals surface area (Å²) in [5, 5.41) is 8.50. The lowest BCUT2D eigenvalue weighted by Gasteiger charge is -2.13. The smallest absolute Gasteiger partial charge is 0.318 e. The van der Waals surface area contributed by atoms with Crippen LogP contribution in [0.25, 0.3) is 0 Å². The molecule has 0 bridgehead atoms. The predicted octanol–water partition coefficient (Wildman–Crippen LogP) is -0.550. The molecule has 90 valence electrons. The zero-order valence-electron chi connectivity index (χ0n) is 8.55. The quantitative estimate of drug-likeness (QED) is 0.760. The molecule has 0 aliphatic heterocycles. The third-order valence-electron chi connectivity index (χ3n) is 1.78. The molecule has 2 N–H and O–H groups in total. The number of H-pyrrole nitrogens is 1. The summed E-state index contributed by atoms with van der Waals surface area (Å²) in [7, 11) is -2.76. The monoisotopic (exact) mass is 266 g/mol. The van der Waals surface area contributed by atoms with Gasteiger partial charge in [0.15, 0.2) is 4.21 Å². The summed E-state index contributed by atoms with van der Waals surface area (Å²) in [6.45, 7) is 0.799. The fraction of sp³-hybridized carbons (Fsp3) is 0.429. The van der Waals surface area contributed by atoms with Gasteiger partial charge in [-0.15, -0.1) is 0 Å². The molecule has 1 aromatic rings. The first-order valence-corrected chi connectivity index (χ1v) is 6.38. The van der Waals surface area contributed by atoms with Crippen LogP contribution in [0.3, 0.4) is 0 Å². The van der Waals surface area contributed by atoms with Crippen molar-refractivity contribution in [3.63, 3.8) is 0 Å². The van der Waals surface area contributed by atoms with E-state index < -0.39 is 27.4 Å². The molecule has 0 saturated carbocycles. The molecule has 0 aromatic carbocycles. The van der Waals surface area contributed by atoms with Gasteiger partial charge in [0, 0.05) is 12.7 Å². The minimum atomic E-state index is -3.90. The summed E-state index contributed by atoms with van der Waals surface area (Å²) in [4.78, 5) is 23.2. The van der Waals surface area contributed by atoms with E-state index in [1.165, 1.54) is 6.92 Å². The van der Waals surface area contributed by atoms with Crippen LogP contribution in [0.1, 0.15) is 5.69 Å². The van der Waals surface area contributed by atoms with Crippen molar-refractivity contribution in [1.29, 1.82) is 0 Å². The second kappa shape index (κ2) is 4.36. The number of rotatable bonds is 4. The molecule has 0 fully saturated rings. The van der Waals surface area contributed by atoms with Crippen LogP contribution in [0.5, 0.6) is 0 Å². The Morgan fingerprint density at radius 2 is 2.12 bits per heavy atom. The lowest BCUT2D eigenvalue weighted by molar-refractivity contribution is -0.137. The largest absolute Gasteiger partial charge is 0.480 e. The fourth-order valence-corrected chi connectivity index (χ4v) is 3.66. The average molecular weight is 266 g/mol. The van der Waals surface area contributed by atoms with Gasteiger partial charge in [-0.25, -0.2) is 8.42 Å². The number of nitrogens with zero attached hydrogens (tertiary/aromatic N) is 1. The first kappa shape index (κ1) is 12.9. The number of carbonyl (C=O) groups is 1. The van der Waals surface area contributed by atoms with E-state index in [9.17, 15) is 18.0 Å². The number of hydrogen-bond acceptors (Lipinski definition) is 5. The molecule has 0 radical (unpaired) electrons. The van der Waals surface area contributed by atoms with Gasteiger partial charge in [0.1, 0.15) is 6.54 Å². The Bertz CT molecular complexity index is 556. The van der Waals surface area contributed by atoms with Crippen LogP contribution in [0.2, 0.25) is 0 Å². The Balaban J connectivity index is 3.16. The normalized spacial score (nSPS) is 11.9. The number of aliphatic carboxylic acids is 1. The van der Waals surface area contributed by atoms with Crippen LogP contribution in [-0.4, -0.2) is 42.4 Å². The Morgan fingerprint density at radius 1 is 1.56 bits per heavy atom. The Morgan fingerprint density at radius 3 is 2.50 bits per heavy atom. The summed E-state index contributed by atoms with van der Waals surface area (Å²) in [6.07, 6.45) is 0. The van der Waals surface area contributed by atoms with Gasteiger partial charge in [0.05, 0.1) is 0 Å². The Kier molecular flexibility index (Phi) is 3.51. The van der Waals surface area contributed by atoms with Crippen molar-refractivity contribution in [2.75, 3.05) is 13.6 Å². The maximum absolute atomic E-state index is 11.8. The molecular formula is C7H10N2O5S2. The second-order valence-electron chi connectivity index (χ2n) is 3.08. The molecule has 1 rings (SSSR count). The number of thiazole rings is 1. The molecule has 0 aliphatic carbocycles. The molecule has 0 spiro atoms. The third-order valence-corrected chi connectivity index (χ3v) is 5.17. The standard InChI is InChI=1S/C7H10N2O5S2/c1-4-6(15-7(12)8-4)16(13,14)9(2)3-5(10)11/h3H2,1-2H3,(H,8,12)(H,10,11). The van der Waals surface area contributed by atoms with Crippen molar-refractivity contribution in [1.82, 2.24) is 9.29 Å². The number of aromatic amines is 1. The number of nitrogens with one attached hydrogen (secondary N) is 1. The van der Waals surface area contributed by atoms with Gasteiger partial charge < -0.3 is 10.1 Å². The van der Waals surface area contributed by atoms with Gasteiger partial charge in [-0.1, -0.05) is 11.3 Å². The van der Waals surface area contributed by atoms with E-state index in [0.717, 1.165) is 7.05 Å². The molecular weight excluding hydrogens is 256 g/mol. The molecule has 0 atom stereocenters. The predicted molar refractivity (Wildman–Crippen MR) is 57.1 cm³/mol. The minimum Gasteiger partial charge on any atom is -0.480 e. The Hall–Kier alpha value is -1.19.